The third-order valence-electron chi connectivity index (χ3n) is 4.52. The molecule has 1 aromatic carbocycles. The smallest absolute Gasteiger partial charge is 0.337 e. The standard InChI is InChI=1S/C20H21N3O4/c1-11(13-5-7-15(8-6-13)23-18(24)14-3-4-14)22-19(25)17-10-9-16(20(26)27)12(2)21-17/h5-11,14H,3-4H2,1-2H3,(H,22,25)(H,23,24)(H,26,27). The van der Waals surface area contributed by atoms with E-state index in [1.807, 2.05) is 31.2 Å². The van der Waals surface area contributed by atoms with Crippen LogP contribution < -0.4 is 10.6 Å². The van der Waals surface area contributed by atoms with Gasteiger partial charge in [-0.3, -0.25) is 9.59 Å². The molecule has 7 heteroatoms. The highest BCUT2D eigenvalue weighted by Crippen LogP contribution is 2.30. The van der Waals surface area contributed by atoms with E-state index in [-0.39, 0.29) is 35.0 Å². The minimum atomic E-state index is -1.07. The number of aromatic carboxylic acids is 1. The Balaban J connectivity index is 1.63. The maximum Gasteiger partial charge on any atom is 0.337 e. The van der Waals surface area contributed by atoms with Crippen molar-refractivity contribution in [3.8, 4) is 0 Å². The lowest BCUT2D eigenvalue weighted by Crippen LogP contribution is -2.27. The number of aromatic nitrogens is 1. The largest absolute Gasteiger partial charge is 0.478 e. The van der Waals surface area contributed by atoms with E-state index >= 15 is 0 Å². The van der Waals surface area contributed by atoms with Crippen molar-refractivity contribution in [1.29, 1.82) is 0 Å². The highest BCUT2D eigenvalue weighted by atomic mass is 16.4. The number of rotatable bonds is 6. The molecule has 0 aliphatic heterocycles. The van der Waals surface area contributed by atoms with E-state index in [2.05, 4.69) is 15.6 Å². The number of nitrogens with one attached hydrogen (secondary N) is 2. The maximum absolute atomic E-state index is 12.4. The predicted molar refractivity (Wildman–Crippen MR) is 99.6 cm³/mol. The lowest BCUT2D eigenvalue weighted by Gasteiger charge is -2.15. The van der Waals surface area contributed by atoms with Crippen LogP contribution in [0.1, 0.15) is 57.9 Å². The molecule has 1 saturated carbocycles. The molecule has 1 fully saturated rings. The summed E-state index contributed by atoms with van der Waals surface area (Å²) in [6.07, 6.45) is 1.90. The number of amides is 2. The molecule has 0 bridgehead atoms. The highest BCUT2D eigenvalue weighted by molar-refractivity contribution is 5.95. The SMILES string of the molecule is Cc1nc(C(=O)NC(C)c2ccc(NC(=O)C3CC3)cc2)ccc1C(=O)O. The normalized spacial score (nSPS) is 14.3. The predicted octanol–water partition coefficient (Wildman–Crippen LogP) is 2.93. The van der Waals surface area contributed by atoms with E-state index in [1.54, 1.807) is 6.92 Å². The number of anilines is 1. The third kappa shape index (κ3) is 4.49. The molecule has 2 aromatic rings. The van der Waals surface area contributed by atoms with Crippen molar-refractivity contribution in [2.45, 2.75) is 32.7 Å². The molecule has 3 N–H and O–H groups in total. The van der Waals surface area contributed by atoms with Crippen LogP contribution in [-0.4, -0.2) is 27.9 Å². The summed E-state index contributed by atoms with van der Waals surface area (Å²) >= 11 is 0. The molecule has 1 aliphatic carbocycles. The van der Waals surface area contributed by atoms with Gasteiger partial charge in [0.05, 0.1) is 17.3 Å². The molecule has 27 heavy (non-hydrogen) atoms. The average Bonchev–Trinajstić information content (AvgIpc) is 3.47. The van der Waals surface area contributed by atoms with Crippen molar-refractivity contribution in [2.24, 2.45) is 5.92 Å². The minimum Gasteiger partial charge on any atom is -0.478 e. The molecule has 1 heterocycles. The van der Waals surface area contributed by atoms with Crippen molar-refractivity contribution in [1.82, 2.24) is 10.3 Å². The summed E-state index contributed by atoms with van der Waals surface area (Å²) in [5, 5.41) is 14.7. The van der Waals surface area contributed by atoms with Crippen LogP contribution in [0, 0.1) is 12.8 Å². The van der Waals surface area contributed by atoms with Gasteiger partial charge >= 0.3 is 5.97 Å². The summed E-state index contributed by atoms with van der Waals surface area (Å²) in [4.78, 5) is 39.3. The van der Waals surface area contributed by atoms with Gasteiger partial charge in [0.1, 0.15) is 5.69 Å². The lowest BCUT2D eigenvalue weighted by molar-refractivity contribution is -0.117. The molecule has 1 unspecified atom stereocenters. The van der Waals surface area contributed by atoms with Gasteiger partial charge in [-0.15, -0.1) is 0 Å². The molecule has 0 saturated heterocycles. The second kappa shape index (κ2) is 7.57. The van der Waals surface area contributed by atoms with E-state index in [4.69, 9.17) is 5.11 Å². The number of pyridine rings is 1. The Bertz CT molecular complexity index is 889. The molecular formula is C20H21N3O4. The van der Waals surface area contributed by atoms with Gasteiger partial charge in [0.15, 0.2) is 0 Å². The summed E-state index contributed by atoms with van der Waals surface area (Å²) in [5.41, 5.74) is 2.14. The Morgan fingerprint density at radius 3 is 2.33 bits per heavy atom. The van der Waals surface area contributed by atoms with Crippen LogP contribution in [0.25, 0.3) is 0 Å². The fourth-order valence-electron chi connectivity index (χ4n) is 2.71. The Morgan fingerprint density at radius 1 is 1.11 bits per heavy atom. The summed E-state index contributed by atoms with van der Waals surface area (Å²) in [6.45, 7) is 3.40. The first kappa shape index (κ1) is 18.6. The van der Waals surface area contributed by atoms with Gasteiger partial charge in [-0.25, -0.2) is 9.78 Å². The van der Waals surface area contributed by atoms with E-state index < -0.39 is 5.97 Å². The van der Waals surface area contributed by atoms with Crippen molar-refractivity contribution in [3.05, 3.63) is 58.9 Å². The van der Waals surface area contributed by atoms with Gasteiger partial charge in [0.2, 0.25) is 5.91 Å². The molecule has 1 aliphatic rings. The fraction of sp³-hybridized carbons (Fsp3) is 0.300. The van der Waals surface area contributed by atoms with Gasteiger partial charge in [-0.05, 0) is 56.5 Å². The number of nitrogens with zero attached hydrogens (tertiary/aromatic N) is 1. The minimum absolute atomic E-state index is 0.0513. The Labute approximate surface area is 156 Å². The van der Waals surface area contributed by atoms with Gasteiger partial charge in [0.25, 0.3) is 5.91 Å². The first-order chi connectivity index (χ1) is 12.8. The first-order valence-corrected chi connectivity index (χ1v) is 8.78. The highest BCUT2D eigenvalue weighted by Gasteiger charge is 2.29. The van der Waals surface area contributed by atoms with E-state index in [1.165, 1.54) is 12.1 Å². The first-order valence-electron chi connectivity index (χ1n) is 8.78. The molecule has 7 nitrogen and oxygen atoms in total. The number of benzene rings is 1. The molecule has 1 atom stereocenters. The zero-order chi connectivity index (χ0) is 19.6. The number of aryl methyl sites for hydroxylation is 1. The fourth-order valence-corrected chi connectivity index (χ4v) is 2.71. The van der Waals surface area contributed by atoms with Crippen molar-refractivity contribution in [2.75, 3.05) is 5.32 Å². The molecule has 0 radical (unpaired) electrons. The van der Waals surface area contributed by atoms with Gasteiger partial charge in [-0.2, -0.15) is 0 Å². The zero-order valence-corrected chi connectivity index (χ0v) is 15.2. The summed E-state index contributed by atoms with van der Waals surface area (Å²) in [7, 11) is 0. The summed E-state index contributed by atoms with van der Waals surface area (Å²) < 4.78 is 0. The van der Waals surface area contributed by atoms with Gasteiger partial charge in [-0.1, -0.05) is 12.1 Å². The molecular weight excluding hydrogens is 346 g/mol. The van der Waals surface area contributed by atoms with Crippen LogP contribution in [0.15, 0.2) is 36.4 Å². The maximum atomic E-state index is 12.4. The van der Waals surface area contributed by atoms with Crippen LogP contribution in [0.3, 0.4) is 0 Å². The number of carboxylic acid groups (broad SMARTS) is 1. The zero-order valence-electron chi connectivity index (χ0n) is 15.2. The van der Waals surface area contributed by atoms with E-state index in [0.29, 0.717) is 5.69 Å². The van der Waals surface area contributed by atoms with Gasteiger partial charge in [0, 0.05) is 11.6 Å². The van der Waals surface area contributed by atoms with Gasteiger partial charge < -0.3 is 15.7 Å². The second-order valence-electron chi connectivity index (χ2n) is 6.72. The molecule has 140 valence electrons. The average molecular weight is 367 g/mol. The number of hydrogen-bond acceptors (Lipinski definition) is 4. The molecule has 0 spiro atoms. The van der Waals surface area contributed by atoms with Crippen LogP contribution in [0.4, 0.5) is 5.69 Å². The molecule has 1 aromatic heterocycles. The number of carbonyl (C=O) groups is 3. The summed E-state index contributed by atoms with van der Waals surface area (Å²) in [5.74, 6) is -1.26. The van der Waals surface area contributed by atoms with Crippen molar-refractivity contribution < 1.29 is 19.5 Å². The molecule has 2 amide bonds. The topological polar surface area (TPSA) is 108 Å². The van der Waals surface area contributed by atoms with Crippen molar-refractivity contribution >= 4 is 23.5 Å². The van der Waals surface area contributed by atoms with E-state index in [0.717, 1.165) is 24.1 Å². The number of carbonyl (C=O) groups excluding carboxylic acids is 2. The monoisotopic (exact) mass is 367 g/mol. The number of carboxylic acids is 1. The lowest BCUT2D eigenvalue weighted by atomic mass is 10.1. The van der Waals surface area contributed by atoms with E-state index in [9.17, 15) is 14.4 Å². The second-order valence-corrected chi connectivity index (χ2v) is 6.72. The third-order valence-corrected chi connectivity index (χ3v) is 4.52. The Morgan fingerprint density at radius 2 is 1.78 bits per heavy atom. The van der Waals surface area contributed by atoms with Crippen molar-refractivity contribution in [3.63, 3.8) is 0 Å². The number of hydrogen-bond donors (Lipinski definition) is 3. The van der Waals surface area contributed by atoms with Crippen LogP contribution in [-0.2, 0) is 4.79 Å². The van der Waals surface area contributed by atoms with Crippen LogP contribution >= 0.6 is 0 Å². The summed E-state index contributed by atoms with van der Waals surface area (Å²) in [6, 6.07) is 9.81. The quantitative estimate of drug-likeness (QED) is 0.727. The molecule has 3 rings (SSSR count). The Hall–Kier alpha value is -3.22. The van der Waals surface area contributed by atoms with Crippen LogP contribution in [0.5, 0.6) is 0 Å². The van der Waals surface area contributed by atoms with Crippen LogP contribution in [0.2, 0.25) is 0 Å². The Kier molecular flexibility index (Phi) is 5.21.